The number of nitrogens with zero attached hydrogens (tertiary/aromatic N) is 4. The number of hydrogen-bond acceptors (Lipinski definition) is 6. The average Bonchev–Trinajstić information content (AvgIpc) is 2.96. The molecule has 1 aliphatic heterocycles. The summed E-state index contributed by atoms with van der Waals surface area (Å²) in [6.45, 7) is 8.50. The van der Waals surface area contributed by atoms with Gasteiger partial charge in [0.15, 0.2) is 5.76 Å². The first-order valence-electron chi connectivity index (χ1n) is 8.29. The predicted molar refractivity (Wildman–Crippen MR) is 86.2 cm³/mol. The van der Waals surface area contributed by atoms with Crippen molar-refractivity contribution >= 4 is 0 Å². The van der Waals surface area contributed by atoms with Crippen LogP contribution in [-0.2, 0) is 6.54 Å². The Kier molecular flexibility index (Phi) is 5.08. The molecule has 1 aliphatic rings. The lowest BCUT2D eigenvalue weighted by Crippen LogP contribution is -2.35. The van der Waals surface area contributed by atoms with Crippen molar-refractivity contribution in [3.05, 3.63) is 34.9 Å². The molecule has 24 heavy (non-hydrogen) atoms. The van der Waals surface area contributed by atoms with Gasteiger partial charge >= 0.3 is 0 Å². The Morgan fingerprint density at radius 3 is 2.67 bits per heavy atom. The van der Waals surface area contributed by atoms with Gasteiger partial charge in [-0.1, -0.05) is 5.16 Å². The molecule has 0 atom stereocenters. The topological polar surface area (TPSA) is 64.3 Å². The Bertz CT molecular complexity index is 696. The van der Waals surface area contributed by atoms with E-state index in [9.17, 15) is 4.39 Å². The first-order chi connectivity index (χ1) is 11.5. The third-order valence-electron chi connectivity index (χ3n) is 4.32. The van der Waals surface area contributed by atoms with Crippen LogP contribution in [-0.4, -0.2) is 39.7 Å². The van der Waals surface area contributed by atoms with Gasteiger partial charge in [-0.05, 0) is 52.6 Å². The van der Waals surface area contributed by atoms with Gasteiger partial charge in [-0.3, -0.25) is 4.90 Å². The molecule has 0 unspecified atom stereocenters. The predicted octanol–water partition coefficient (Wildman–Crippen LogP) is 2.82. The van der Waals surface area contributed by atoms with E-state index in [0.29, 0.717) is 24.0 Å². The molecule has 1 fully saturated rings. The second kappa shape index (κ2) is 7.25. The average molecular weight is 334 g/mol. The van der Waals surface area contributed by atoms with E-state index in [1.165, 1.54) is 0 Å². The van der Waals surface area contributed by atoms with E-state index >= 15 is 0 Å². The summed E-state index contributed by atoms with van der Waals surface area (Å²) in [6, 6.07) is 1.97. The molecule has 2 aromatic heterocycles. The quantitative estimate of drug-likeness (QED) is 0.838. The van der Waals surface area contributed by atoms with E-state index in [0.717, 1.165) is 43.9 Å². The fourth-order valence-electron chi connectivity index (χ4n) is 2.98. The van der Waals surface area contributed by atoms with Gasteiger partial charge in [-0.25, -0.2) is 4.98 Å². The molecule has 130 valence electrons. The lowest BCUT2D eigenvalue weighted by Gasteiger charge is -2.30. The van der Waals surface area contributed by atoms with Crippen molar-refractivity contribution < 1.29 is 13.7 Å². The molecule has 3 rings (SSSR count). The van der Waals surface area contributed by atoms with Crippen LogP contribution in [0, 0.1) is 32.5 Å². The van der Waals surface area contributed by atoms with Crippen LogP contribution in [0.15, 0.2) is 10.6 Å². The highest BCUT2D eigenvalue weighted by atomic mass is 19.1. The van der Waals surface area contributed by atoms with Crippen LogP contribution in [0.1, 0.15) is 35.8 Å². The molecule has 0 radical (unpaired) electrons. The Hall–Kier alpha value is -2.02. The number of likely N-dealkylation sites (tertiary alicyclic amines) is 1. The van der Waals surface area contributed by atoms with E-state index in [1.54, 1.807) is 13.8 Å². The highest BCUT2D eigenvalue weighted by Gasteiger charge is 2.22. The summed E-state index contributed by atoms with van der Waals surface area (Å²) in [5.74, 6) is 1.45. The molecule has 2 aromatic rings. The summed E-state index contributed by atoms with van der Waals surface area (Å²) in [7, 11) is 0. The van der Waals surface area contributed by atoms with E-state index in [2.05, 4.69) is 20.0 Å². The lowest BCUT2D eigenvalue weighted by molar-refractivity contribution is 0.124. The maximum Gasteiger partial charge on any atom is 0.254 e. The highest BCUT2D eigenvalue weighted by Crippen LogP contribution is 2.22. The van der Waals surface area contributed by atoms with Crippen molar-refractivity contribution in [2.24, 2.45) is 5.92 Å². The van der Waals surface area contributed by atoms with Crippen molar-refractivity contribution in [3.63, 3.8) is 0 Å². The Morgan fingerprint density at radius 1 is 1.25 bits per heavy atom. The van der Waals surface area contributed by atoms with Gasteiger partial charge in [-0.2, -0.15) is 9.37 Å². The number of ether oxygens (including phenoxy) is 1. The minimum absolute atomic E-state index is 0.0690. The second-order valence-electron chi connectivity index (χ2n) is 6.44. The van der Waals surface area contributed by atoms with Crippen molar-refractivity contribution in [3.8, 4) is 5.88 Å². The fraction of sp³-hybridized carbons (Fsp3) is 0.588. The highest BCUT2D eigenvalue weighted by molar-refractivity contribution is 5.18. The second-order valence-corrected chi connectivity index (χ2v) is 6.44. The van der Waals surface area contributed by atoms with Gasteiger partial charge in [0.05, 0.1) is 24.5 Å². The third kappa shape index (κ3) is 4.08. The maximum atomic E-state index is 14.0. The summed E-state index contributed by atoms with van der Waals surface area (Å²) < 4.78 is 24.9. The molecular weight excluding hydrogens is 311 g/mol. The van der Waals surface area contributed by atoms with Crippen LogP contribution >= 0.6 is 0 Å². The number of halogens is 1. The summed E-state index contributed by atoms with van der Waals surface area (Å²) in [5.41, 5.74) is 1.24. The molecule has 1 saturated heterocycles. The molecule has 0 saturated carbocycles. The Balaban J connectivity index is 1.47. The van der Waals surface area contributed by atoms with Crippen LogP contribution in [0.2, 0.25) is 0 Å². The molecule has 3 heterocycles. The smallest absolute Gasteiger partial charge is 0.254 e. The zero-order valence-electron chi connectivity index (χ0n) is 14.4. The SMILES string of the molecule is Cc1cc(CN2CCC(COc3nc(C)nc(C)c3F)CC2)on1. The van der Waals surface area contributed by atoms with Crippen molar-refractivity contribution in [2.45, 2.75) is 40.2 Å². The molecule has 0 aromatic carbocycles. The maximum absolute atomic E-state index is 14.0. The van der Waals surface area contributed by atoms with Gasteiger partial charge in [0.2, 0.25) is 5.82 Å². The molecule has 6 nitrogen and oxygen atoms in total. The molecule has 0 aliphatic carbocycles. The third-order valence-corrected chi connectivity index (χ3v) is 4.32. The summed E-state index contributed by atoms with van der Waals surface area (Å²) in [5, 5.41) is 3.91. The summed E-state index contributed by atoms with van der Waals surface area (Å²) >= 11 is 0. The number of piperidine rings is 1. The van der Waals surface area contributed by atoms with Crippen molar-refractivity contribution in [2.75, 3.05) is 19.7 Å². The van der Waals surface area contributed by atoms with Gasteiger partial charge in [0.25, 0.3) is 5.88 Å². The molecule has 7 heteroatoms. The van der Waals surface area contributed by atoms with Gasteiger partial charge in [0.1, 0.15) is 5.82 Å². The van der Waals surface area contributed by atoms with Gasteiger partial charge in [-0.15, -0.1) is 0 Å². The van der Waals surface area contributed by atoms with Crippen LogP contribution < -0.4 is 4.74 Å². The number of aryl methyl sites for hydroxylation is 3. The Labute approximate surface area is 141 Å². The zero-order chi connectivity index (χ0) is 17.1. The van der Waals surface area contributed by atoms with E-state index in [-0.39, 0.29) is 5.88 Å². The van der Waals surface area contributed by atoms with E-state index < -0.39 is 5.82 Å². The first-order valence-corrected chi connectivity index (χ1v) is 8.29. The molecule has 0 bridgehead atoms. The first kappa shape index (κ1) is 16.8. The minimum atomic E-state index is -0.460. The van der Waals surface area contributed by atoms with Crippen LogP contribution in [0.5, 0.6) is 5.88 Å². The molecule has 0 spiro atoms. The lowest BCUT2D eigenvalue weighted by atomic mass is 9.98. The number of rotatable bonds is 5. The van der Waals surface area contributed by atoms with Gasteiger partial charge < -0.3 is 9.26 Å². The molecular formula is C17H23FN4O2. The zero-order valence-corrected chi connectivity index (χ0v) is 14.4. The van der Waals surface area contributed by atoms with E-state index in [1.807, 2.05) is 13.0 Å². The van der Waals surface area contributed by atoms with Crippen LogP contribution in [0.4, 0.5) is 4.39 Å². The largest absolute Gasteiger partial charge is 0.475 e. The number of aromatic nitrogens is 3. The standard InChI is InChI=1S/C17H23FN4O2/c1-11-8-15(24-21-11)9-22-6-4-14(5-7-22)10-23-17-16(18)12(2)19-13(3)20-17/h8,14H,4-7,9-10H2,1-3H3. The van der Waals surface area contributed by atoms with E-state index in [4.69, 9.17) is 9.26 Å². The monoisotopic (exact) mass is 334 g/mol. The van der Waals surface area contributed by atoms with Crippen molar-refractivity contribution in [1.82, 2.24) is 20.0 Å². The molecule has 0 amide bonds. The Morgan fingerprint density at radius 2 is 2.00 bits per heavy atom. The number of hydrogen-bond donors (Lipinski definition) is 0. The minimum Gasteiger partial charge on any atom is -0.475 e. The van der Waals surface area contributed by atoms with Crippen LogP contribution in [0.25, 0.3) is 0 Å². The van der Waals surface area contributed by atoms with Crippen molar-refractivity contribution in [1.29, 1.82) is 0 Å². The summed E-state index contributed by atoms with van der Waals surface area (Å²) in [4.78, 5) is 10.4. The van der Waals surface area contributed by atoms with Gasteiger partial charge in [0, 0.05) is 6.07 Å². The normalized spacial score (nSPS) is 16.5. The summed E-state index contributed by atoms with van der Waals surface area (Å²) in [6.07, 6.45) is 2.02. The fourth-order valence-corrected chi connectivity index (χ4v) is 2.98. The van der Waals surface area contributed by atoms with Crippen LogP contribution in [0.3, 0.4) is 0 Å². The molecule has 0 N–H and O–H groups in total.